The number of rotatable bonds is 6. The lowest BCUT2D eigenvalue weighted by molar-refractivity contribution is -0.116. The summed E-state index contributed by atoms with van der Waals surface area (Å²) >= 11 is 0. The largest absolute Gasteiger partial charge is 0.326 e. The Kier molecular flexibility index (Phi) is 5.53. The zero-order valence-corrected chi connectivity index (χ0v) is 17.4. The molecule has 3 rings (SSSR count). The van der Waals surface area contributed by atoms with Gasteiger partial charge in [-0.15, -0.1) is 0 Å². The lowest BCUT2D eigenvalue weighted by Crippen LogP contribution is -2.24. The Morgan fingerprint density at radius 1 is 1.28 bits per heavy atom. The molecule has 11 heteroatoms. The number of nitrogens with one attached hydrogen (secondary N) is 1. The second-order valence-corrected chi connectivity index (χ2v) is 8.93. The third-order valence-corrected chi connectivity index (χ3v) is 6.49. The second-order valence-electron chi connectivity index (χ2n) is 6.81. The molecule has 0 aliphatic heterocycles. The van der Waals surface area contributed by atoms with Crippen LogP contribution in [0.5, 0.6) is 0 Å². The highest BCUT2D eigenvalue weighted by Gasteiger charge is 2.20. The van der Waals surface area contributed by atoms with E-state index in [-0.39, 0.29) is 29.3 Å². The molecule has 29 heavy (non-hydrogen) atoms. The van der Waals surface area contributed by atoms with Crippen LogP contribution >= 0.6 is 0 Å². The van der Waals surface area contributed by atoms with E-state index in [1.54, 1.807) is 26.1 Å². The van der Waals surface area contributed by atoms with E-state index in [0.29, 0.717) is 22.3 Å². The minimum absolute atomic E-state index is 0.0248. The van der Waals surface area contributed by atoms with Crippen LogP contribution in [0, 0.1) is 6.92 Å². The summed E-state index contributed by atoms with van der Waals surface area (Å²) in [7, 11) is 0.967. The number of carbonyl (C=O) groups excluding carboxylic acids is 1. The van der Waals surface area contributed by atoms with Gasteiger partial charge in [0.2, 0.25) is 15.9 Å². The van der Waals surface area contributed by atoms with Gasteiger partial charge in [0.15, 0.2) is 5.65 Å². The fraction of sp³-hybridized carbons (Fsp3) is 0.333. The Balaban J connectivity index is 1.74. The van der Waals surface area contributed by atoms with Crippen LogP contribution in [0.3, 0.4) is 0 Å². The fourth-order valence-electron chi connectivity index (χ4n) is 2.82. The highest BCUT2D eigenvalue weighted by Crippen LogP contribution is 2.22. The van der Waals surface area contributed by atoms with E-state index in [2.05, 4.69) is 15.4 Å². The summed E-state index contributed by atoms with van der Waals surface area (Å²) in [5.41, 5.74) is 1.16. The first-order valence-electron chi connectivity index (χ1n) is 8.81. The van der Waals surface area contributed by atoms with Crippen LogP contribution < -0.4 is 10.9 Å². The fourth-order valence-corrected chi connectivity index (χ4v) is 3.97. The molecule has 0 bridgehead atoms. The zero-order valence-electron chi connectivity index (χ0n) is 16.6. The molecule has 0 saturated heterocycles. The summed E-state index contributed by atoms with van der Waals surface area (Å²) in [6.07, 6.45) is 2.85. The van der Waals surface area contributed by atoms with Crippen molar-refractivity contribution in [2.24, 2.45) is 7.05 Å². The monoisotopic (exact) mass is 418 g/mol. The number of anilines is 1. The number of amides is 1. The maximum atomic E-state index is 12.4. The number of hydrogen-bond donors (Lipinski definition) is 1. The molecule has 0 spiro atoms. The number of aryl methyl sites for hydroxylation is 3. The SMILES string of the molecule is Cc1ccc(NC(=O)CCn2cnc3c(cnn3C)c2=O)cc1S(=O)(=O)N(C)C. The zero-order chi connectivity index (χ0) is 21.3. The summed E-state index contributed by atoms with van der Waals surface area (Å²) in [6, 6.07) is 4.70. The smallest absolute Gasteiger partial charge is 0.264 e. The Morgan fingerprint density at radius 3 is 2.69 bits per heavy atom. The molecule has 0 radical (unpaired) electrons. The second kappa shape index (κ2) is 7.76. The van der Waals surface area contributed by atoms with Gasteiger partial charge in [-0.05, 0) is 24.6 Å². The lowest BCUT2D eigenvalue weighted by atomic mass is 10.2. The molecule has 0 atom stereocenters. The van der Waals surface area contributed by atoms with Gasteiger partial charge in [0.1, 0.15) is 5.39 Å². The van der Waals surface area contributed by atoms with Crippen LogP contribution in [0.1, 0.15) is 12.0 Å². The molecule has 0 saturated carbocycles. The first kappa shape index (κ1) is 20.7. The lowest BCUT2D eigenvalue weighted by Gasteiger charge is -2.15. The van der Waals surface area contributed by atoms with E-state index in [1.807, 2.05) is 0 Å². The molecule has 154 valence electrons. The van der Waals surface area contributed by atoms with E-state index >= 15 is 0 Å². The Bertz CT molecular complexity index is 1240. The van der Waals surface area contributed by atoms with E-state index in [1.165, 1.54) is 41.9 Å². The van der Waals surface area contributed by atoms with E-state index < -0.39 is 10.0 Å². The maximum Gasteiger partial charge on any atom is 0.264 e. The van der Waals surface area contributed by atoms with Gasteiger partial charge in [-0.3, -0.25) is 18.8 Å². The first-order chi connectivity index (χ1) is 13.6. The average Bonchev–Trinajstić information content (AvgIpc) is 3.04. The molecule has 2 heterocycles. The van der Waals surface area contributed by atoms with Crippen molar-refractivity contribution in [3.8, 4) is 0 Å². The molecule has 2 aromatic heterocycles. The molecule has 0 fully saturated rings. The van der Waals surface area contributed by atoms with Crippen LogP contribution in [0.25, 0.3) is 11.0 Å². The third-order valence-electron chi connectivity index (χ3n) is 4.53. The standard InChI is InChI=1S/C18H22N6O4S/c1-12-5-6-13(9-15(12)29(27,28)22(2)3)21-16(25)7-8-24-11-19-17-14(18(24)26)10-20-23(17)4/h5-6,9-11H,7-8H2,1-4H3,(H,21,25). The van der Waals surface area contributed by atoms with Crippen LogP contribution in [0.15, 0.2) is 40.4 Å². The normalized spacial score (nSPS) is 11.9. The summed E-state index contributed by atoms with van der Waals surface area (Å²) in [4.78, 5) is 29.1. The van der Waals surface area contributed by atoms with Crippen molar-refractivity contribution in [2.75, 3.05) is 19.4 Å². The number of carbonyl (C=O) groups is 1. The summed E-state index contributed by atoms with van der Waals surface area (Å²) in [5, 5.41) is 7.06. The van der Waals surface area contributed by atoms with Gasteiger partial charge in [0, 0.05) is 39.8 Å². The maximum absolute atomic E-state index is 12.4. The van der Waals surface area contributed by atoms with Gasteiger partial charge in [-0.1, -0.05) is 6.07 Å². The van der Waals surface area contributed by atoms with Crippen molar-refractivity contribution in [1.29, 1.82) is 0 Å². The predicted octanol–water partition coefficient (Wildman–Crippen LogP) is 0.718. The molecular weight excluding hydrogens is 396 g/mol. The van der Waals surface area contributed by atoms with Crippen LogP contribution in [-0.2, 0) is 28.4 Å². The van der Waals surface area contributed by atoms with E-state index in [9.17, 15) is 18.0 Å². The minimum atomic E-state index is -3.63. The van der Waals surface area contributed by atoms with Crippen molar-refractivity contribution < 1.29 is 13.2 Å². The number of benzene rings is 1. The predicted molar refractivity (Wildman–Crippen MR) is 108 cm³/mol. The van der Waals surface area contributed by atoms with Crippen molar-refractivity contribution in [2.45, 2.75) is 24.8 Å². The molecule has 0 aliphatic carbocycles. The molecule has 1 amide bonds. The Morgan fingerprint density at radius 2 is 2.00 bits per heavy atom. The van der Waals surface area contributed by atoms with Gasteiger partial charge in [0.05, 0.1) is 17.4 Å². The molecule has 0 unspecified atom stereocenters. The van der Waals surface area contributed by atoms with E-state index in [0.717, 1.165) is 4.31 Å². The van der Waals surface area contributed by atoms with Gasteiger partial charge in [0.25, 0.3) is 5.56 Å². The first-order valence-corrected chi connectivity index (χ1v) is 10.3. The van der Waals surface area contributed by atoms with Gasteiger partial charge < -0.3 is 5.32 Å². The van der Waals surface area contributed by atoms with E-state index in [4.69, 9.17) is 0 Å². The van der Waals surface area contributed by atoms with Crippen molar-refractivity contribution in [3.63, 3.8) is 0 Å². The minimum Gasteiger partial charge on any atom is -0.326 e. The highest BCUT2D eigenvalue weighted by atomic mass is 32.2. The molecular formula is C18H22N6O4S. The van der Waals surface area contributed by atoms with Crippen LogP contribution in [-0.4, -0.2) is 52.1 Å². The van der Waals surface area contributed by atoms with Crippen LogP contribution in [0.2, 0.25) is 0 Å². The molecule has 0 aliphatic rings. The number of aromatic nitrogens is 4. The third kappa shape index (κ3) is 4.05. The van der Waals surface area contributed by atoms with Gasteiger partial charge in [-0.25, -0.2) is 17.7 Å². The Hall–Kier alpha value is -3.05. The van der Waals surface area contributed by atoms with Gasteiger partial charge >= 0.3 is 0 Å². The number of sulfonamides is 1. The number of nitrogens with zero attached hydrogens (tertiary/aromatic N) is 5. The molecule has 10 nitrogen and oxygen atoms in total. The molecule has 1 N–H and O–H groups in total. The Labute approximate surface area is 167 Å². The highest BCUT2D eigenvalue weighted by molar-refractivity contribution is 7.89. The summed E-state index contributed by atoms with van der Waals surface area (Å²) < 4.78 is 28.8. The molecule has 3 aromatic rings. The van der Waals surface area contributed by atoms with Crippen molar-refractivity contribution in [1.82, 2.24) is 23.6 Å². The quantitative estimate of drug-likeness (QED) is 0.630. The van der Waals surface area contributed by atoms with Gasteiger partial charge in [-0.2, -0.15) is 5.10 Å². The topological polar surface area (TPSA) is 119 Å². The number of hydrogen-bond acceptors (Lipinski definition) is 6. The number of fused-ring (bicyclic) bond motifs is 1. The van der Waals surface area contributed by atoms with Crippen molar-refractivity contribution >= 4 is 32.7 Å². The summed E-state index contributed by atoms with van der Waals surface area (Å²) in [5.74, 6) is -0.347. The average molecular weight is 418 g/mol. The molecule has 1 aromatic carbocycles. The van der Waals surface area contributed by atoms with Crippen LogP contribution in [0.4, 0.5) is 5.69 Å². The van der Waals surface area contributed by atoms with Crippen molar-refractivity contribution in [3.05, 3.63) is 46.6 Å². The summed E-state index contributed by atoms with van der Waals surface area (Å²) in [6.45, 7) is 1.83.